The molecule has 0 spiro atoms. The zero-order valence-corrected chi connectivity index (χ0v) is 15.8. The number of ether oxygens (including phenoxy) is 1. The molecule has 3 aromatic rings. The molecule has 0 fully saturated rings. The van der Waals surface area contributed by atoms with E-state index in [1.165, 1.54) is 0 Å². The van der Waals surface area contributed by atoms with Gasteiger partial charge in [0.05, 0.1) is 34.3 Å². The van der Waals surface area contributed by atoms with Crippen LogP contribution in [0.1, 0.15) is 24.2 Å². The van der Waals surface area contributed by atoms with Crippen LogP contribution in [-0.4, -0.2) is 17.0 Å². The molecule has 5 nitrogen and oxygen atoms in total. The van der Waals surface area contributed by atoms with Crippen molar-refractivity contribution < 1.29 is 9.53 Å². The van der Waals surface area contributed by atoms with Crippen molar-refractivity contribution >= 4 is 34.7 Å². The minimum atomic E-state index is -0.279. The fourth-order valence-electron chi connectivity index (χ4n) is 2.45. The van der Waals surface area contributed by atoms with Crippen LogP contribution in [0.5, 0.6) is 5.75 Å². The number of carbonyl (C=O) groups excluding carboxylic acids is 1. The Morgan fingerprint density at radius 3 is 2.48 bits per heavy atom. The third-order valence-electron chi connectivity index (χ3n) is 3.65. The van der Waals surface area contributed by atoms with Crippen LogP contribution in [-0.2, 0) is 0 Å². The number of rotatable bonds is 6. The molecule has 0 saturated carbocycles. The summed E-state index contributed by atoms with van der Waals surface area (Å²) in [6, 6.07) is 18.1. The fourth-order valence-corrected chi connectivity index (χ4v) is 2.67. The summed E-state index contributed by atoms with van der Waals surface area (Å²) in [5.41, 5.74) is 1.82. The van der Waals surface area contributed by atoms with Crippen molar-refractivity contribution in [1.82, 2.24) is 4.98 Å². The number of nitrogens with one attached hydrogen (secondary N) is 2. The number of para-hydroxylation sites is 2. The van der Waals surface area contributed by atoms with E-state index in [0.717, 1.165) is 11.4 Å². The number of pyridine rings is 1. The van der Waals surface area contributed by atoms with Crippen LogP contribution in [0, 0.1) is 0 Å². The minimum absolute atomic E-state index is 0.0725. The molecule has 3 rings (SSSR count). The third kappa shape index (κ3) is 4.99. The summed E-state index contributed by atoms with van der Waals surface area (Å²) >= 11 is 6.05. The van der Waals surface area contributed by atoms with Crippen molar-refractivity contribution in [2.24, 2.45) is 0 Å². The molecule has 0 atom stereocenters. The monoisotopic (exact) mass is 381 g/mol. The molecule has 2 aromatic carbocycles. The second kappa shape index (κ2) is 8.56. The van der Waals surface area contributed by atoms with Gasteiger partial charge in [-0.1, -0.05) is 35.9 Å². The first kappa shape index (κ1) is 18.7. The highest BCUT2D eigenvalue weighted by molar-refractivity contribution is 6.34. The summed E-state index contributed by atoms with van der Waals surface area (Å²) in [6.07, 6.45) is 1.66. The van der Waals surface area contributed by atoms with E-state index in [0.29, 0.717) is 22.1 Å². The molecule has 0 bridgehead atoms. The summed E-state index contributed by atoms with van der Waals surface area (Å²) in [6.45, 7) is 3.96. The van der Waals surface area contributed by atoms with Crippen LogP contribution in [0.2, 0.25) is 5.02 Å². The average Bonchev–Trinajstić information content (AvgIpc) is 2.65. The molecule has 0 radical (unpaired) electrons. The SMILES string of the molecule is CC(C)Oc1ccccc1Nc1ccc(NC(=O)c2ccccc2Cl)cn1. The largest absolute Gasteiger partial charge is 0.489 e. The normalized spacial score (nSPS) is 10.5. The Bertz CT molecular complexity index is 927. The van der Waals surface area contributed by atoms with Crippen molar-refractivity contribution in [3.8, 4) is 5.75 Å². The topological polar surface area (TPSA) is 63.2 Å². The molecule has 138 valence electrons. The lowest BCUT2D eigenvalue weighted by Crippen LogP contribution is -2.12. The number of amides is 1. The molecule has 6 heteroatoms. The number of benzene rings is 2. The lowest BCUT2D eigenvalue weighted by atomic mass is 10.2. The summed E-state index contributed by atoms with van der Waals surface area (Å²) in [4.78, 5) is 16.7. The Balaban J connectivity index is 1.69. The molecule has 0 aliphatic carbocycles. The van der Waals surface area contributed by atoms with Crippen LogP contribution < -0.4 is 15.4 Å². The summed E-state index contributed by atoms with van der Waals surface area (Å²) in [5.74, 6) is 1.12. The second-order valence-electron chi connectivity index (χ2n) is 6.15. The van der Waals surface area contributed by atoms with Crippen LogP contribution in [0.3, 0.4) is 0 Å². The van der Waals surface area contributed by atoms with Gasteiger partial charge < -0.3 is 15.4 Å². The Morgan fingerprint density at radius 1 is 1.04 bits per heavy atom. The van der Waals surface area contributed by atoms with Crippen molar-refractivity contribution in [2.75, 3.05) is 10.6 Å². The Labute approximate surface area is 163 Å². The number of hydrogen-bond acceptors (Lipinski definition) is 4. The van der Waals surface area contributed by atoms with Gasteiger partial charge in [0.15, 0.2) is 0 Å². The fraction of sp³-hybridized carbons (Fsp3) is 0.143. The van der Waals surface area contributed by atoms with E-state index in [9.17, 15) is 4.79 Å². The number of carbonyl (C=O) groups is 1. The molecule has 0 unspecified atom stereocenters. The molecule has 0 aliphatic rings. The maximum absolute atomic E-state index is 12.3. The maximum Gasteiger partial charge on any atom is 0.257 e. The Kier molecular flexibility index (Phi) is 5.94. The molecule has 27 heavy (non-hydrogen) atoms. The smallest absolute Gasteiger partial charge is 0.257 e. The van der Waals surface area contributed by atoms with Gasteiger partial charge in [0, 0.05) is 0 Å². The Hall–Kier alpha value is -3.05. The van der Waals surface area contributed by atoms with Crippen LogP contribution in [0.25, 0.3) is 0 Å². The van der Waals surface area contributed by atoms with E-state index in [1.807, 2.05) is 38.1 Å². The van der Waals surface area contributed by atoms with Crippen molar-refractivity contribution in [1.29, 1.82) is 0 Å². The predicted octanol–water partition coefficient (Wildman–Crippen LogP) is 5.52. The van der Waals surface area contributed by atoms with Gasteiger partial charge in [-0.3, -0.25) is 4.79 Å². The number of aromatic nitrogens is 1. The quantitative estimate of drug-likeness (QED) is 0.590. The first-order valence-electron chi connectivity index (χ1n) is 8.57. The number of nitrogens with zero attached hydrogens (tertiary/aromatic N) is 1. The van der Waals surface area contributed by atoms with Gasteiger partial charge in [0.25, 0.3) is 5.91 Å². The van der Waals surface area contributed by atoms with E-state index >= 15 is 0 Å². The van der Waals surface area contributed by atoms with Gasteiger partial charge in [-0.15, -0.1) is 0 Å². The zero-order valence-electron chi connectivity index (χ0n) is 15.1. The van der Waals surface area contributed by atoms with E-state index in [-0.39, 0.29) is 12.0 Å². The van der Waals surface area contributed by atoms with Crippen LogP contribution in [0.4, 0.5) is 17.2 Å². The number of halogens is 1. The molecule has 0 aliphatic heterocycles. The summed E-state index contributed by atoms with van der Waals surface area (Å²) in [7, 11) is 0. The summed E-state index contributed by atoms with van der Waals surface area (Å²) < 4.78 is 5.79. The van der Waals surface area contributed by atoms with E-state index in [1.54, 1.807) is 42.6 Å². The number of hydrogen-bond donors (Lipinski definition) is 2. The second-order valence-corrected chi connectivity index (χ2v) is 6.56. The summed E-state index contributed by atoms with van der Waals surface area (Å²) in [5, 5.41) is 6.42. The molecule has 0 saturated heterocycles. The highest BCUT2D eigenvalue weighted by Gasteiger charge is 2.10. The van der Waals surface area contributed by atoms with Gasteiger partial charge in [0.1, 0.15) is 11.6 Å². The first-order chi connectivity index (χ1) is 13.0. The van der Waals surface area contributed by atoms with E-state index < -0.39 is 0 Å². The van der Waals surface area contributed by atoms with Crippen LogP contribution >= 0.6 is 11.6 Å². The maximum atomic E-state index is 12.3. The first-order valence-corrected chi connectivity index (χ1v) is 8.95. The standard InChI is InChI=1S/C21H20ClN3O2/c1-14(2)27-19-10-6-5-9-18(19)25-20-12-11-15(13-23-20)24-21(26)16-7-3-4-8-17(16)22/h3-14H,1-2H3,(H,23,25)(H,24,26). The lowest BCUT2D eigenvalue weighted by Gasteiger charge is -2.15. The third-order valence-corrected chi connectivity index (χ3v) is 3.98. The van der Waals surface area contributed by atoms with Gasteiger partial charge in [0.2, 0.25) is 0 Å². The highest BCUT2D eigenvalue weighted by atomic mass is 35.5. The molecular weight excluding hydrogens is 362 g/mol. The van der Waals surface area contributed by atoms with Crippen LogP contribution in [0.15, 0.2) is 66.9 Å². The van der Waals surface area contributed by atoms with Crippen molar-refractivity contribution in [3.63, 3.8) is 0 Å². The molecule has 1 amide bonds. The van der Waals surface area contributed by atoms with Gasteiger partial charge >= 0.3 is 0 Å². The van der Waals surface area contributed by atoms with Gasteiger partial charge in [-0.25, -0.2) is 4.98 Å². The highest BCUT2D eigenvalue weighted by Crippen LogP contribution is 2.28. The van der Waals surface area contributed by atoms with Crippen molar-refractivity contribution in [2.45, 2.75) is 20.0 Å². The van der Waals surface area contributed by atoms with Gasteiger partial charge in [-0.05, 0) is 50.2 Å². The number of anilines is 3. The Morgan fingerprint density at radius 2 is 1.78 bits per heavy atom. The molecule has 1 heterocycles. The zero-order chi connectivity index (χ0) is 19.2. The van der Waals surface area contributed by atoms with Crippen molar-refractivity contribution in [3.05, 3.63) is 77.4 Å². The predicted molar refractivity (Wildman–Crippen MR) is 109 cm³/mol. The molecule has 1 aromatic heterocycles. The van der Waals surface area contributed by atoms with E-state index in [4.69, 9.17) is 16.3 Å². The minimum Gasteiger partial charge on any atom is -0.489 e. The molecular formula is C21H20ClN3O2. The molecule has 2 N–H and O–H groups in total. The lowest BCUT2D eigenvalue weighted by molar-refractivity contribution is 0.102. The van der Waals surface area contributed by atoms with Gasteiger partial charge in [-0.2, -0.15) is 0 Å². The average molecular weight is 382 g/mol. The van der Waals surface area contributed by atoms with E-state index in [2.05, 4.69) is 15.6 Å².